The Hall–Kier alpha value is -2.37. The molecule has 148 valence electrons. The van der Waals surface area contributed by atoms with Crippen LogP contribution in [0.2, 0.25) is 0 Å². The van der Waals surface area contributed by atoms with E-state index in [4.69, 9.17) is 0 Å². The van der Waals surface area contributed by atoms with Crippen molar-refractivity contribution in [2.24, 2.45) is 0 Å². The van der Waals surface area contributed by atoms with Crippen LogP contribution < -0.4 is 0 Å². The quantitative estimate of drug-likeness (QED) is 0.741. The highest BCUT2D eigenvalue weighted by Crippen LogP contribution is 2.28. The zero-order valence-corrected chi connectivity index (χ0v) is 16.6. The van der Waals surface area contributed by atoms with Crippen LogP contribution in [-0.2, 0) is 11.3 Å². The number of nitrogens with zero attached hydrogens (tertiary/aromatic N) is 3. The minimum Gasteiger partial charge on any atom is -0.390 e. The Balaban J connectivity index is 1.48. The first-order valence-electron chi connectivity index (χ1n) is 10.3. The molecule has 1 aliphatic heterocycles. The summed E-state index contributed by atoms with van der Waals surface area (Å²) in [5, 5.41) is 13.3. The summed E-state index contributed by atoms with van der Waals surface area (Å²) in [7, 11) is 0. The number of para-hydroxylation sites is 2. The lowest BCUT2D eigenvalue weighted by Gasteiger charge is -2.24. The Bertz CT molecular complexity index is 912. The van der Waals surface area contributed by atoms with Crippen molar-refractivity contribution in [2.75, 3.05) is 32.7 Å². The van der Waals surface area contributed by atoms with Crippen molar-refractivity contribution in [2.45, 2.75) is 32.4 Å². The molecule has 5 nitrogen and oxygen atoms in total. The number of benzene rings is 2. The zero-order valence-electron chi connectivity index (χ0n) is 16.6. The van der Waals surface area contributed by atoms with Crippen LogP contribution in [0.5, 0.6) is 0 Å². The summed E-state index contributed by atoms with van der Waals surface area (Å²) < 4.78 is 2.24. The fourth-order valence-electron chi connectivity index (χ4n) is 4.39. The van der Waals surface area contributed by atoms with Gasteiger partial charge in [-0.1, -0.05) is 43.3 Å². The Kier molecular flexibility index (Phi) is 5.64. The maximum Gasteiger partial charge on any atom is 0.222 e. The summed E-state index contributed by atoms with van der Waals surface area (Å²) in [4.78, 5) is 16.2. The van der Waals surface area contributed by atoms with Gasteiger partial charge in [-0.15, -0.1) is 0 Å². The predicted octanol–water partition coefficient (Wildman–Crippen LogP) is 3.10. The topological polar surface area (TPSA) is 48.7 Å². The van der Waals surface area contributed by atoms with Crippen LogP contribution in [-0.4, -0.2) is 64.2 Å². The Labute approximate surface area is 166 Å². The van der Waals surface area contributed by atoms with Gasteiger partial charge in [0.05, 0.1) is 12.6 Å². The SMILES string of the molecule is CCC(=O)N1CCCN(CC(O)Cn2c3ccccc3c3ccccc32)CC1. The lowest BCUT2D eigenvalue weighted by molar-refractivity contribution is -0.130. The van der Waals surface area contributed by atoms with Crippen LogP contribution in [0.1, 0.15) is 19.8 Å². The van der Waals surface area contributed by atoms with E-state index in [9.17, 15) is 9.90 Å². The van der Waals surface area contributed by atoms with Gasteiger partial charge in [-0.05, 0) is 25.1 Å². The molecule has 1 unspecified atom stereocenters. The molecule has 2 aromatic carbocycles. The number of amides is 1. The smallest absolute Gasteiger partial charge is 0.222 e. The van der Waals surface area contributed by atoms with Crippen LogP contribution in [0.3, 0.4) is 0 Å². The third kappa shape index (κ3) is 3.77. The molecule has 5 heteroatoms. The molecule has 1 N–H and O–H groups in total. The van der Waals surface area contributed by atoms with Gasteiger partial charge in [-0.25, -0.2) is 0 Å². The lowest BCUT2D eigenvalue weighted by Crippen LogP contribution is -2.38. The van der Waals surface area contributed by atoms with Crippen molar-refractivity contribution in [3.05, 3.63) is 48.5 Å². The van der Waals surface area contributed by atoms with Gasteiger partial charge in [0.15, 0.2) is 0 Å². The maximum absolute atomic E-state index is 12.0. The molecule has 0 spiro atoms. The van der Waals surface area contributed by atoms with E-state index in [2.05, 4.69) is 58.0 Å². The van der Waals surface area contributed by atoms with Crippen molar-refractivity contribution in [3.8, 4) is 0 Å². The highest BCUT2D eigenvalue weighted by Gasteiger charge is 2.20. The summed E-state index contributed by atoms with van der Waals surface area (Å²) in [6.45, 7) is 6.46. The van der Waals surface area contributed by atoms with Crippen LogP contribution in [0.4, 0.5) is 0 Å². The molecule has 2 heterocycles. The van der Waals surface area contributed by atoms with E-state index in [0.717, 1.165) is 32.6 Å². The van der Waals surface area contributed by atoms with Gasteiger partial charge in [0.2, 0.25) is 5.91 Å². The van der Waals surface area contributed by atoms with Crippen molar-refractivity contribution in [1.29, 1.82) is 0 Å². The van der Waals surface area contributed by atoms with Crippen LogP contribution in [0, 0.1) is 0 Å². The van der Waals surface area contributed by atoms with E-state index >= 15 is 0 Å². The second-order valence-corrected chi connectivity index (χ2v) is 7.69. The van der Waals surface area contributed by atoms with Gasteiger partial charge in [-0.3, -0.25) is 9.69 Å². The molecule has 3 aromatic rings. The summed E-state index contributed by atoms with van der Waals surface area (Å²) in [5.41, 5.74) is 2.33. The van der Waals surface area contributed by atoms with Crippen molar-refractivity contribution >= 4 is 27.7 Å². The standard InChI is InChI=1S/C23H29N3O2/c1-2-23(28)25-13-7-12-24(14-15-25)16-18(27)17-26-21-10-5-3-8-19(21)20-9-4-6-11-22(20)26/h3-6,8-11,18,27H,2,7,12-17H2,1H3. The molecule has 28 heavy (non-hydrogen) atoms. The molecule has 0 radical (unpaired) electrons. The molecule has 1 aliphatic rings. The first kappa shape index (κ1) is 19.0. The Morgan fingerprint density at radius 2 is 1.57 bits per heavy atom. The van der Waals surface area contributed by atoms with Crippen molar-refractivity contribution < 1.29 is 9.90 Å². The average molecular weight is 380 g/mol. The van der Waals surface area contributed by atoms with Crippen molar-refractivity contribution in [1.82, 2.24) is 14.4 Å². The minimum atomic E-state index is -0.451. The monoisotopic (exact) mass is 379 g/mol. The molecular formula is C23H29N3O2. The van der Waals surface area contributed by atoms with Gasteiger partial charge in [0.1, 0.15) is 0 Å². The zero-order chi connectivity index (χ0) is 19.5. The second kappa shape index (κ2) is 8.33. The second-order valence-electron chi connectivity index (χ2n) is 7.69. The van der Waals surface area contributed by atoms with Crippen LogP contribution in [0.15, 0.2) is 48.5 Å². The van der Waals surface area contributed by atoms with Gasteiger partial charge in [0.25, 0.3) is 0 Å². The minimum absolute atomic E-state index is 0.229. The summed E-state index contributed by atoms with van der Waals surface area (Å²) in [6, 6.07) is 16.8. The van der Waals surface area contributed by atoms with E-state index in [1.54, 1.807) is 0 Å². The Morgan fingerprint density at radius 3 is 2.21 bits per heavy atom. The van der Waals surface area contributed by atoms with E-state index in [1.165, 1.54) is 21.8 Å². The number of β-amino-alcohol motifs (C(OH)–C–C–N with tert-alkyl or cyclic N) is 1. The predicted molar refractivity (Wildman–Crippen MR) is 113 cm³/mol. The molecule has 1 atom stereocenters. The first-order chi connectivity index (χ1) is 13.7. The molecule has 0 bridgehead atoms. The number of hydrogen-bond acceptors (Lipinski definition) is 3. The molecule has 1 saturated heterocycles. The summed E-state index contributed by atoms with van der Waals surface area (Å²) in [5.74, 6) is 0.229. The molecule has 4 rings (SSSR count). The van der Waals surface area contributed by atoms with Crippen molar-refractivity contribution in [3.63, 3.8) is 0 Å². The third-order valence-corrected chi connectivity index (χ3v) is 5.79. The molecule has 0 aliphatic carbocycles. The number of aliphatic hydroxyl groups is 1. The van der Waals surface area contributed by atoms with Gasteiger partial charge in [0, 0.05) is 54.4 Å². The highest BCUT2D eigenvalue weighted by molar-refractivity contribution is 6.07. The maximum atomic E-state index is 12.0. The highest BCUT2D eigenvalue weighted by atomic mass is 16.3. The first-order valence-corrected chi connectivity index (χ1v) is 10.3. The number of carbonyl (C=O) groups is 1. The molecule has 1 fully saturated rings. The lowest BCUT2D eigenvalue weighted by atomic mass is 10.2. The van der Waals surface area contributed by atoms with Gasteiger partial charge in [-0.2, -0.15) is 0 Å². The van der Waals surface area contributed by atoms with Crippen LogP contribution >= 0.6 is 0 Å². The number of aromatic nitrogens is 1. The number of aliphatic hydroxyl groups excluding tert-OH is 1. The number of carbonyl (C=O) groups excluding carboxylic acids is 1. The van der Waals surface area contributed by atoms with E-state index in [0.29, 0.717) is 19.5 Å². The molecule has 1 amide bonds. The average Bonchev–Trinajstić information content (AvgIpc) is 2.86. The fraction of sp³-hybridized carbons (Fsp3) is 0.435. The van der Waals surface area contributed by atoms with Gasteiger partial charge >= 0.3 is 0 Å². The largest absolute Gasteiger partial charge is 0.390 e. The molecular weight excluding hydrogens is 350 g/mol. The third-order valence-electron chi connectivity index (χ3n) is 5.79. The normalized spacial score (nSPS) is 17.1. The molecule has 1 aromatic heterocycles. The number of fused-ring (bicyclic) bond motifs is 3. The van der Waals surface area contributed by atoms with E-state index < -0.39 is 6.10 Å². The molecule has 0 saturated carbocycles. The number of rotatable bonds is 5. The number of hydrogen-bond donors (Lipinski definition) is 1. The van der Waals surface area contributed by atoms with E-state index in [1.807, 2.05) is 11.8 Å². The summed E-state index contributed by atoms with van der Waals surface area (Å²) >= 11 is 0. The van der Waals surface area contributed by atoms with Gasteiger partial charge < -0.3 is 14.6 Å². The van der Waals surface area contributed by atoms with E-state index in [-0.39, 0.29) is 5.91 Å². The fourth-order valence-corrected chi connectivity index (χ4v) is 4.39. The Morgan fingerprint density at radius 1 is 0.929 bits per heavy atom. The summed E-state index contributed by atoms with van der Waals surface area (Å²) in [6.07, 6.45) is 1.08. The van der Waals surface area contributed by atoms with Crippen LogP contribution in [0.25, 0.3) is 21.8 Å².